The molecule has 2 N–H and O–H groups in total. The van der Waals surface area contributed by atoms with Gasteiger partial charge in [0, 0.05) is 0 Å². The minimum absolute atomic E-state index is 0.0273. The molecule has 84 valence electrons. The van der Waals surface area contributed by atoms with Crippen molar-refractivity contribution in [2.24, 2.45) is 0 Å². The van der Waals surface area contributed by atoms with Crippen LogP contribution in [0.4, 0.5) is 0 Å². The maximum Gasteiger partial charge on any atom is 0.321 e. The highest BCUT2D eigenvalue weighted by Gasteiger charge is 2.22. The standard InChI is InChI=1S/C8H17NO4S/c1-3-5-7(8(10)11)9-14(12,13)6-4-2/h7,9H,3-6H2,1-2H3,(H,10,11)/t7-/m0/s1. The van der Waals surface area contributed by atoms with Gasteiger partial charge in [0.2, 0.25) is 10.0 Å². The topological polar surface area (TPSA) is 83.5 Å². The van der Waals surface area contributed by atoms with Crippen molar-refractivity contribution in [1.29, 1.82) is 0 Å². The Morgan fingerprint density at radius 1 is 1.36 bits per heavy atom. The van der Waals surface area contributed by atoms with Crippen LogP contribution in [-0.4, -0.2) is 31.3 Å². The van der Waals surface area contributed by atoms with Crippen LogP contribution >= 0.6 is 0 Å². The zero-order valence-electron chi connectivity index (χ0n) is 8.49. The van der Waals surface area contributed by atoms with Crippen LogP contribution in [-0.2, 0) is 14.8 Å². The normalized spacial score (nSPS) is 13.9. The van der Waals surface area contributed by atoms with Gasteiger partial charge in [0.15, 0.2) is 0 Å². The van der Waals surface area contributed by atoms with E-state index in [2.05, 4.69) is 4.72 Å². The quantitative estimate of drug-likeness (QED) is 0.661. The van der Waals surface area contributed by atoms with E-state index in [1.165, 1.54) is 0 Å². The minimum Gasteiger partial charge on any atom is -0.480 e. The van der Waals surface area contributed by atoms with Crippen molar-refractivity contribution in [3.63, 3.8) is 0 Å². The van der Waals surface area contributed by atoms with Crippen molar-refractivity contribution >= 4 is 16.0 Å². The van der Waals surface area contributed by atoms with Gasteiger partial charge in [-0.15, -0.1) is 0 Å². The first-order chi connectivity index (χ1) is 6.43. The van der Waals surface area contributed by atoms with Gasteiger partial charge in [-0.3, -0.25) is 4.79 Å². The first-order valence-electron chi connectivity index (χ1n) is 4.65. The first kappa shape index (κ1) is 13.4. The molecule has 0 bridgehead atoms. The van der Waals surface area contributed by atoms with Crippen LogP contribution in [0.3, 0.4) is 0 Å². The van der Waals surface area contributed by atoms with Crippen LogP contribution in [0.15, 0.2) is 0 Å². The molecule has 1 atom stereocenters. The summed E-state index contributed by atoms with van der Waals surface area (Å²) in [6.07, 6.45) is 1.43. The molecule has 14 heavy (non-hydrogen) atoms. The largest absolute Gasteiger partial charge is 0.480 e. The molecule has 0 heterocycles. The lowest BCUT2D eigenvalue weighted by Crippen LogP contribution is -2.41. The molecule has 0 amide bonds. The smallest absolute Gasteiger partial charge is 0.321 e. The van der Waals surface area contributed by atoms with E-state index in [0.717, 1.165) is 0 Å². The molecule has 0 aliphatic carbocycles. The number of carboxylic acids is 1. The van der Waals surface area contributed by atoms with Gasteiger partial charge in [-0.1, -0.05) is 20.3 Å². The summed E-state index contributed by atoms with van der Waals surface area (Å²) in [4.78, 5) is 10.6. The van der Waals surface area contributed by atoms with E-state index < -0.39 is 22.0 Å². The molecular formula is C8H17NO4S. The van der Waals surface area contributed by atoms with Crippen molar-refractivity contribution in [3.8, 4) is 0 Å². The van der Waals surface area contributed by atoms with Crippen molar-refractivity contribution in [2.45, 2.75) is 39.2 Å². The second-order valence-electron chi connectivity index (χ2n) is 3.12. The Morgan fingerprint density at radius 3 is 2.29 bits per heavy atom. The van der Waals surface area contributed by atoms with Gasteiger partial charge in [-0.2, -0.15) is 0 Å². The van der Waals surface area contributed by atoms with Crippen LogP contribution < -0.4 is 4.72 Å². The van der Waals surface area contributed by atoms with Crippen molar-refractivity contribution in [1.82, 2.24) is 4.72 Å². The fraction of sp³-hybridized carbons (Fsp3) is 0.875. The van der Waals surface area contributed by atoms with Crippen LogP contribution in [0, 0.1) is 0 Å². The predicted octanol–water partition coefficient (Wildman–Crippen LogP) is 0.569. The Morgan fingerprint density at radius 2 is 1.93 bits per heavy atom. The van der Waals surface area contributed by atoms with Crippen LogP contribution in [0.1, 0.15) is 33.1 Å². The molecule has 6 heteroatoms. The number of aliphatic carboxylic acids is 1. The molecule has 0 aliphatic heterocycles. The molecule has 0 saturated carbocycles. The second-order valence-corrected chi connectivity index (χ2v) is 4.99. The maximum absolute atomic E-state index is 11.2. The fourth-order valence-corrected chi connectivity index (χ4v) is 2.37. The first-order valence-corrected chi connectivity index (χ1v) is 6.31. The number of carboxylic acid groups (broad SMARTS) is 1. The molecule has 0 rings (SSSR count). The van der Waals surface area contributed by atoms with Crippen molar-refractivity contribution in [3.05, 3.63) is 0 Å². The number of carbonyl (C=O) groups is 1. The SMILES string of the molecule is CCC[C@H](NS(=O)(=O)CCC)C(=O)O. The monoisotopic (exact) mass is 223 g/mol. The lowest BCUT2D eigenvalue weighted by Gasteiger charge is -2.13. The Kier molecular flexibility index (Phi) is 5.71. The molecule has 0 saturated heterocycles. The lowest BCUT2D eigenvalue weighted by molar-refractivity contribution is -0.139. The van der Waals surface area contributed by atoms with Gasteiger partial charge in [0.05, 0.1) is 5.75 Å². The van der Waals surface area contributed by atoms with Crippen molar-refractivity contribution in [2.75, 3.05) is 5.75 Å². The molecule has 0 aliphatic rings. The Labute approximate surface area is 84.6 Å². The van der Waals surface area contributed by atoms with E-state index in [4.69, 9.17) is 5.11 Å². The van der Waals surface area contributed by atoms with E-state index in [1.807, 2.05) is 6.92 Å². The number of nitrogens with one attached hydrogen (secondary N) is 1. The molecule has 0 aromatic rings. The van der Waals surface area contributed by atoms with Gasteiger partial charge in [0.25, 0.3) is 0 Å². The number of hydrogen-bond donors (Lipinski definition) is 2. The highest BCUT2D eigenvalue weighted by Crippen LogP contribution is 2.00. The van der Waals surface area contributed by atoms with Gasteiger partial charge in [-0.05, 0) is 12.8 Å². The Balaban J connectivity index is 4.36. The predicted molar refractivity (Wildman–Crippen MR) is 53.5 cm³/mol. The van der Waals surface area contributed by atoms with Gasteiger partial charge >= 0.3 is 5.97 Å². The van der Waals surface area contributed by atoms with Crippen LogP contribution in [0.5, 0.6) is 0 Å². The summed E-state index contributed by atoms with van der Waals surface area (Å²) >= 11 is 0. The van der Waals surface area contributed by atoms with E-state index >= 15 is 0 Å². The Hall–Kier alpha value is -0.620. The van der Waals surface area contributed by atoms with E-state index in [0.29, 0.717) is 19.3 Å². The molecule has 0 aromatic heterocycles. The molecule has 5 nitrogen and oxygen atoms in total. The zero-order chi connectivity index (χ0) is 11.2. The average Bonchev–Trinajstić information content (AvgIpc) is 2.02. The summed E-state index contributed by atoms with van der Waals surface area (Å²) in [5.41, 5.74) is 0. The minimum atomic E-state index is -3.43. The third-order valence-corrected chi connectivity index (χ3v) is 3.26. The molecule has 0 radical (unpaired) electrons. The van der Waals surface area contributed by atoms with E-state index in [1.54, 1.807) is 6.92 Å². The summed E-state index contributed by atoms with van der Waals surface area (Å²) < 4.78 is 24.7. The highest BCUT2D eigenvalue weighted by atomic mass is 32.2. The summed E-state index contributed by atoms with van der Waals surface area (Å²) in [6, 6.07) is -0.989. The molecule has 0 spiro atoms. The molecule has 0 aromatic carbocycles. The lowest BCUT2D eigenvalue weighted by atomic mass is 10.2. The number of sulfonamides is 1. The third kappa shape index (κ3) is 5.18. The Bertz CT molecular complexity index is 273. The van der Waals surface area contributed by atoms with Crippen LogP contribution in [0.2, 0.25) is 0 Å². The van der Waals surface area contributed by atoms with Gasteiger partial charge in [0.1, 0.15) is 6.04 Å². The number of hydrogen-bond acceptors (Lipinski definition) is 3. The third-order valence-electron chi connectivity index (χ3n) is 1.67. The summed E-state index contributed by atoms with van der Waals surface area (Å²) in [6.45, 7) is 3.54. The van der Waals surface area contributed by atoms with Gasteiger partial charge < -0.3 is 5.11 Å². The fourth-order valence-electron chi connectivity index (χ4n) is 1.07. The zero-order valence-corrected chi connectivity index (χ0v) is 9.30. The van der Waals surface area contributed by atoms with E-state index in [-0.39, 0.29) is 5.75 Å². The summed E-state index contributed by atoms with van der Waals surface area (Å²) in [5.74, 6) is -1.15. The van der Waals surface area contributed by atoms with Crippen LogP contribution in [0.25, 0.3) is 0 Å². The molecule has 0 fully saturated rings. The maximum atomic E-state index is 11.2. The molecule has 0 unspecified atom stereocenters. The summed E-state index contributed by atoms with van der Waals surface area (Å²) in [7, 11) is -3.43. The number of rotatable bonds is 7. The highest BCUT2D eigenvalue weighted by molar-refractivity contribution is 7.89. The van der Waals surface area contributed by atoms with E-state index in [9.17, 15) is 13.2 Å². The molecular weight excluding hydrogens is 206 g/mol. The van der Waals surface area contributed by atoms with Crippen molar-refractivity contribution < 1.29 is 18.3 Å². The second kappa shape index (κ2) is 5.98. The van der Waals surface area contributed by atoms with Gasteiger partial charge in [-0.25, -0.2) is 13.1 Å². The average molecular weight is 223 g/mol. The summed E-state index contributed by atoms with van der Waals surface area (Å²) in [5, 5.41) is 8.71.